The van der Waals surface area contributed by atoms with Gasteiger partial charge in [0, 0.05) is 38.4 Å². The Hall–Kier alpha value is -2.63. The number of hydrogen-bond acceptors (Lipinski definition) is 5. The summed E-state index contributed by atoms with van der Waals surface area (Å²) in [4.78, 5) is 16.5. The molecule has 0 bridgehead atoms. The summed E-state index contributed by atoms with van der Waals surface area (Å²) in [6.45, 7) is 4.35. The maximum Gasteiger partial charge on any atom is 0.416 e. The van der Waals surface area contributed by atoms with Crippen LogP contribution in [0.2, 0.25) is 0 Å². The SMILES string of the molecule is CC(C(=O)NCCc1ccc(S(N)(=O)=O)cc1)N1CCN(c2cccc(C(F)(F)F)c2)CC1. The summed E-state index contributed by atoms with van der Waals surface area (Å²) < 4.78 is 61.5. The van der Waals surface area contributed by atoms with Crippen molar-refractivity contribution < 1.29 is 26.4 Å². The van der Waals surface area contributed by atoms with E-state index < -0.39 is 21.8 Å². The number of primary sulfonamides is 1. The molecule has 180 valence electrons. The van der Waals surface area contributed by atoms with Gasteiger partial charge in [0.05, 0.1) is 16.5 Å². The summed E-state index contributed by atoms with van der Waals surface area (Å²) >= 11 is 0. The Balaban J connectivity index is 1.46. The Morgan fingerprint density at radius 2 is 1.73 bits per heavy atom. The molecule has 1 aliphatic rings. The van der Waals surface area contributed by atoms with E-state index in [1.165, 1.54) is 18.2 Å². The van der Waals surface area contributed by atoms with Gasteiger partial charge in [-0.3, -0.25) is 9.69 Å². The molecule has 33 heavy (non-hydrogen) atoms. The lowest BCUT2D eigenvalue weighted by Crippen LogP contribution is -2.54. The fraction of sp³-hybridized carbons (Fsp3) is 0.409. The zero-order valence-corrected chi connectivity index (χ0v) is 19.0. The Bertz CT molecular complexity index is 1070. The highest BCUT2D eigenvalue weighted by atomic mass is 32.2. The number of amides is 1. The number of piperazine rings is 1. The van der Waals surface area contributed by atoms with Crippen LogP contribution >= 0.6 is 0 Å². The minimum absolute atomic E-state index is 0.0354. The van der Waals surface area contributed by atoms with E-state index in [0.29, 0.717) is 44.8 Å². The van der Waals surface area contributed by atoms with Crippen molar-refractivity contribution in [3.8, 4) is 0 Å². The van der Waals surface area contributed by atoms with Crippen molar-refractivity contribution in [2.45, 2.75) is 30.5 Å². The Labute approximate surface area is 191 Å². The Kier molecular flexibility index (Phi) is 7.65. The number of hydrogen-bond donors (Lipinski definition) is 2. The summed E-state index contributed by atoms with van der Waals surface area (Å²) in [6, 6.07) is 11.1. The lowest BCUT2D eigenvalue weighted by Gasteiger charge is -2.38. The standard InChI is InChI=1S/C22H27F3N4O3S/c1-16(21(30)27-10-9-17-5-7-20(8-6-17)33(26,31)32)28-11-13-29(14-12-28)19-4-2-3-18(15-19)22(23,24)25/h2-8,15-16H,9-14H2,1H3,(H,27,30)(H2,26,31,32). The molecule has 0 saturated carbocycles. The third-order valence-corrected chi connectivity index (χ3v) is 6.67. The second kappa shape index (κ2) is 10.1. The van der Waals surface area contributed by atoms with Crippen molar-refractivity contribution in [2.24, 2.45) is 5.14 Å². The first-order valence-corrected chi connectivity index (χ1v) is 12.1. The molecule has 1 saturated heterocycles. The van der Waals surface area contributed by atoms with Crippen molar-refractivity contribution >= 4 is 21.6 Å². The van der Waals surface area contributed by atoms with E-state index in [0.717, 1.165) is 17.7 Å². The maximum absolute atomic E-state index is 13.0. The lowest BCUT2D eigenvalue weighted by molar-refractivity contribution is -0.137. The molecule has 1 atom stereocenters. The van der Waals surface area contributed by atoms with Crippen LogP contribution in [0.15, 0.2) is 53.4 Å². The van der Waals surface area contributed by atoms with Crippen LogP contribution in [0.25, 0.3) is 0 Å². The number of nitrogens with one attached hydrogen (secondary N) is 1. The summed E-state index contributed by atoms with van der Waals surface area (Å²) in [6.07, 6.45) is -3.85. The summed E-state index contributed by atoms with van der Waals surface area (Å²) in [5, 5.41) is 7.96. The van der Waals surface area contributed by atoms with Gasteiger partial charge in [-0.25, -0.2) is 13.6 Å². The monoisotopic (exact) mass is 484 g/mol. The van der Waals surface area contributed by atoms with Crippen LogP contribution in [0.3, 0.4) is 0 Å². The first-order chi connectivity index (χ1) is 15.4. The van der Waals surface area contributed by atoms with Gasteiger partial charge in [0.1, 0.15) is 0 Å². The molecule has 2 aromatic carbocycles. The number of halogens is 3. The van der Waals surface area contributed by atoms with E-state index in [1.807, 2.05) is 9.80 Å². The van der Waals surface area contributed by atoms with Crippen LogP contribution in [-0.2, 0) is 27.4 Å². The highest BCUT2D eigenvalue weighted by Crippen LogP contribution is 2.32. The molecule has 3 N–H and O–H groups in total. The summed E-state index contributed by atoms with van der Waals surface area (Å²) in [5.74, 6) is -0.135. The van der Waals surface area contributed by atoms with Gasteiger partial charge < -0.3 is 10.2 Å². The van der Waals surface area contributed by atoms with Crippen molar-refractivity contribution in [3.63, 3.8) is 0 Å². The lowest BCUT2D eigenvalue weighted by atomic mass is 10.1. The number of rotatable bonds is 7. The number of nitrogens with two attached hydrogens (primary N) is 1. The van der Waals surface area contributed by atoms with Crippen LogP contribution in [0.4, 0.5) is 18.9 Å². The van der Waals surface area contributed by atoms with E-state index in [9.17, 15) is 26.4 Å². The van der Waals surface area contributed by atoms with Gasteiger partial charge >= 0.3 is 6.18 Å². The largest absolute Gasteiger partial charge is 0.416 e. The average Bonchev–Trinajstić information content (AvgIpc) is 2.78. The number of sulfonamides is 1. The van der Waals surface area contributed by atoms with Crippen molar-refractivity contribution in [2.75, 3.05) is 37.6 Å². The minimum atomic E-state index is -4.38. The Morgan fingerprint density at radius 3 is 2.30 bits per heavy atom. The molecule has 0 aliphatic carbocycles. The van der Waals surface area contributed by atoms with Crippen LogP contribution in [0.1, 0.15) is 18.1 Å². The molecule has 1 fully saturated rings. The predicted octanol–water partition coefficient (Wildman–Crippen LogP) is 2.22. The van der Waals surface area contributed by atoms with Gasteiger partial charge in [-0.15, -0.1) is 0 Å². The van der Waals surface area contributed by atoms with Crippen molar-refractivity contribution in [3.05, 3.63) is 59.7 Å². The first kappa shape index (κ1) is 25.0. The second-order valence-corrected chi connectivity index (χ2v) is 9.54. The average molecular weight is 485 g/mol. The maximum atomic E-state index is 13.0. The van der Waals surface area contributed by atoms with Gasteiger partial charge in [0.25, 0.3) is 0 Å². The summed E-state index contributed by atoms with van der Waals surface area (Å²) in [5.41, 5.74) is 0.717. The van der Waals surface area contributed by atoms with Gasteiger partial charge in [-0.05, 0) is 49.2 Å². The Morgan fingerprint density at radius 1 is 1.09 bits per heavy atom. The second-order valence-electron chi connectivity index (χ2n) is 7.98. The van der Waals surface area contributed by atoms with Crippen LogP contribution in [-0.4, -0.2) is 58.0 Å². The normalized spacial score (nSPS) is 16.5. The number of carbonyl (C=O) groups excluding carboxylic acids is 1. The van der Waals surface area contributed by atoms with Crippen molar-refractivity contribution in [1.82, 2.24) is 10.2 Å². The molecule has 2 aromatic rings. The molecule has 0 aromatic heterocycles. The van der Waals surface area contributed by atoms with E-state index in [-0.39, 0.29) is 16.8 Å². The van der Waals surface area contributed by atoms with Gasteiger partial charge in [0.2, 0.25) is 15.9 Å². The third kappa shape index (κ3) is 6.68. The van der Waals surface area contributed by atoms with Gasteiger partial charge in [0.15, 0.2) is 0 Å². The molecular formula is C22H27F3N4O3S. The van der Waals surface area contributed by atoms with Gasteiger partial charge in [-0.2, -0.15) is 13.2 Å². The fourth-order valence-electron chi connectivity index (χ4n) is 3.74. The molecule has 1 aliphatic heterocycles. The molecule has 0 radical (unpaired) electrons. The van der Waals surface area contributed by atoms with E-state index >= 15 is 0 Å². The van der Waals surface area contributed by atoms with Gasteiger partial charge in [-0.1, -0.05) is 18.2 Å². The predicted molar refractivity (Wildman–Crippen MR) is 119 cm³/mol. The van der Waals surface area contributed by atoms with Crippen LogP contribution in [0.5, 0.6) is 0 Å². The number of nitrogens with zero attached hydrogens (tertiary/aromatic N) is 2. The zero-order valence-electron chi connectivity index (χ0n) is 18.2. The minimum Gasteiger partial charge on any atom is -0.369 e. The molecule has 11 heteroatoms. The molecule has 3 rings (SSSR count). The summed E-state index contributed by atoms with van der Waals surface area (Å²) in [7, 11) is -3.74. The number of benzene rings is 2. The topological polar surface area (TPSA) is 95.7 Å². The van der Waals surface area contributed by atoms with E-state index in [4.69, 9.17) is 5.14 Å². The molecule has 1 amide bonds. The molecule has 0 spiro atoms. The smallest absolute Gasteiger partial charge is 0.369 e. The van der Waals surface area contributed by atoms with Crippen LogP contribution < -0.4 is 15.4 Å². The van der Waals surface area contributed by atoms with Crippen LogP contribution in [0, 0.1) is 0 Å². The van der Waals surface area contributed by atoms with E-state index in [1.54, 1.807) is 25.1 Å². The molecule has 1 heterocycles. The van der Waals surface area contributed by atoms with E-state index in [2.05, 4.69) is 5.32 Å². The van der Waals surface area contributed by atoms with Crippen molar-refractivity contribution in [1.29, 1.82) is 0 Å². The first-order valence-electron chi connectivity index (χ1n) is 10.5. The zero-order chi connectivity index (χ0) is 24.2. The molecular weight excluding hydrogens is 457 g/mol. The highest BCUT2D eigenvalue weighted by molar-refractivity contribution is 7.89. The number of carbonyl (C=O) groups is 1. The molecule has 1 unspecified atom stereocenters. The number of alkyl halides is 3. The molecule has 7 nitrogen and oxygen atoms in total. The fourth-order valence-corrected chi connectivity index (χ4v) is 4.25. The third-order valence-electron chi connectivity index (χ3n) is 5.74. The number of anilines is 1. The highest BCUT2D eigenvalue weighted by Gasteiger charge is 2.31. The quantitative estimate of drug-likeness (QED) is 0.629.